The molecule has 0 bridgehead atoms. The summed E-state index contributed by atoms with van der Waals surface area (Å²) in [6.45, 7) is 8.00. The van der Waals surface area contributed by atoms with Crippen molar-refractivity contribution in [3.63, 3.8) is 0 Å². The number of Topliss-reactive ketones (excluding diaryl/α,β-unsaturated/α-hetero) is 1. The molecule has 5 heteroatoms. The van der Waals surface area contributed by atoms with Gasteiger partial charge in [-0.2, -0.15) is 0 Å². The zero-order chi connectivity index (χ0) is 20.3. The summed E-state index contributed by atoms with van der Waals surface area (Å²) in [5, 5.41) is 12.9. The van der Waals surface area contributed by atoms with E-state index in [9.17, 15) is 14.8 Å². The van der Waals surface area contributed by atoms with Crippen LogP contribution in [0.4, 0.5) is 0 Å². The molecule has 0 aromatic heterocycles. The first-order valence-electron chi connectivity index (χ1n) is 11.1. The van der Waals surface area contributed by atoms with Crippen molar-refractivity contribution in [3.05, 3.63) is 0 Å². The number of fused-ring (bicyclic) bond motifs is 5. The molecule has 0 aromatic carbocycles. The van der Waals surface area contributed by atoms with E-state index in [0.29, 0.717) is 30.0 Å². The molecule has 0 spiro atoms. The standard InChI is InChI=1S/C23H35NO4/c1-13(24-27)18-7-8-19-17-6-5-15-11-16(28-14(2)25)9-10-22(15,3)21(17)20(26)12-23(18,19)4/h15-19,21,27H,5-12H2,1-4H3/b24-13-/t15-,16-,17-,18+,19-,21+,22-,23+/m0/s1. The van der Waals surface area contributed by atoms with Crippen LogP contribution in [0.2, 0.25) is 0 Å². The highest BCUT2D eigenvalue weighted by atomic mass is 16.5. The minimum atomic E-state index is -0.190. The van der Waals surface area contributed by atoms with Gasteiger partial charge in [-0.25, -0.2) is 0 Å². The van der Waals surface area contributed by atoms with Gasteiger partial charge < -0.3 is 9.94 Å². The van der Waals surface area contributed by atoms with Crippen LogP contribution in [0.15, 0.2) is 5.16 Å². The lowest BCUT2D eigenvalue weighted by atomic mass is 9.44. The molecule has 28 heavy (non-hydrogen) atoms. The van der Waals surface area contributed by atoms with E-state index < -0.39 is 0 Å². The number of ether oxygens (including phenoxy) is 1. The molecule has 8 atom stereocenters. The number of hydrogen-bond donors (Lipinski definition) is 1. The lowest BCUT2D eigenvalue weighted by Gasteiger charge is -2.60. The predicted octanol–water partition coefficient (Wildman–Crippen LogP) is 4.61. The molecule has 0 amide bonds. The maximum Gasteiger partial charge on any atom is 0.302 e. The summed E-state index contributed by atoms with van der Waals surface area (Å²) in [5.41, 5.74) is 0.765. The summed E-state index contributed by atoms with van der Waals surface area (Å²) in [4.78, 5) is 25.0. The molecule has 4 saturated carbocycles. The van der Waals surface area contributed by atoms with E-state index >= 15 is 0 Å². The van der Waals surface area contributed by atoms with Crippen LogP contribution in [0, 0.1) is 40.4 Å². The maximum absolute atomic E-state index is 13.6. The van der Waals surface area contributed by atoms with Crippen molar-refractivity contribution < 1.29 is 19.5 Å². The SMILES string of the molecule is CC(=O)O[C@H]1CC[C@@]2(C)[C@@H](CC[C@H]3[C@@H]4CC[C@H](/C(C)=N\O)[C@@]4(C)CC(=O)[C@@H]32)C1. The van der Waals surface area contributed by atoms with Gasteiger partial charge in [0.2, 0.25) is 0 Å². The summed E-state index contributed by atoms with van der Waals surface area (Å²) < 4.78 is 5.53. The lowest BCUT2D eigenvalue weighted by Crippen LogP contribution is -2.58. The second kappa shape index (κ2) is 6.84. The second-order valence-electron chi connectivity index (χ2n) is 10.6. The Morgan fingerprint density at radius 2 is 1.86 bits per heavy atom. The van der Waals surface area contributed by atoms with E-state index in [2.05, 4.69) is 19.0 Å². The number of carbonyl (C=O) groups is 2. The monoisotopic (exact) mass is 389 g/mol. The van der Waals surface area contributed by atoms with Gasteiger partial charge in [0.15, 0.2) is 0 Å². The number of esters is 1. The van der Waals surface area contributed by atoms with Crippen molar-refractivity contribution in [1.29, 1.82) is 0 Å². The highest BCUT2D eigenvalue weighted by Gasteiger charge is 2.63. The molecule has 4 aliphatic carbocycles. The van der Waals surface area contributed by atoms with Crippen LogP contribution >= 0.6 is 0 Å². The van der Waals surface area contributed by atoms with Crippen LogP contribution in [0.25, 0.3) is 0 Å². The number of rotatable bonds is 2. The van der Waals surface area contributed by atoms with Gasteiger partial charge in [0.05, 0.1) is 5.71 Å². The van der Waals surface area contributed by atoms with E-state index in [-0.39, 0.29) is 34.7 Å². The first-order chi connectivity index (χ1) is 13.2. The van der Waals surface area contributed by atoms with Gasteiger partial charge in [-0.05, 0) is 80.5 Å². The Kier molecular flexibility index (Phi) is 4.86. The highest BCUT2D eigenvalue weighted by Crippen LogP contribution is 2.66. The highest BCUT2D eigenvalue weighted by molar-refractivity contribution is 5.89. The van der Waals surface area contributed by atoms with Gasteiger partial charge in [-0.15, -0.1) is 0 Å². The number of hydrogen-bond acceptors (Lipinski definition) is 5. The molecule has 4 fully saturated rings. The summed E-state index contributed by atoms with van der Waals surface area (Å²) in [5.74, 6) is 2.07. The molecule has 1 N–H and O–H groups in total. The number of carbonyl (C=O) groups excluding carboxylic acids is 2. The van der Waals surface area contributed by atoms with Crippen LogP contribution in [-0.4, -0.2) is 28.8 Å². The molecular weight excluding hydrogens is 354 g/mol. The van der Waals surface area contributed by atoms with Crippen LogP contribution in [0.1, 0.15) is 79.1 Å². The molecule has 4 rings (SSSR count). The number of ketones is 1. The van der Waals surface area contributed by atoms with Crippen molar-refractivity contribution in [2.45, 2.75) is 85.2 Å². The van der Waals surface area contributed by atoms with Crippen molar-refractivity contribution in [2.75, 3.05) is 0 Å². The van der Waals surface area contributed by atoms with Gasteiger partial charge in [-0.1, -0.05) is 19.0 Å². The van der Waals surface area contributed by atoms with Gasteiger partial charge in [0.1, 0.15) is 11.9 Å². The summed E-state index contributed by atoms with van der Waals surface area (Å²) in [7, 11) is 0. The Morgan fingerprint density at radius 1 is 1.11 bits per heavy atom. The van der Waals surface area contributed by atoms with E-state index in [1.807, 2.05) is 6.92 Å². The van der Waals surface area contributed by atoms with Crippen LogP contribution in [0.5, 0.6) is 0 Å². The normalized spacial score (nSPS) is 48.4. The average Bonchev–Trinajstić information content (AvgIpc) is 2.97. The summed E-state index contributed by atoms with van der Waals surface area (Å²) in [6.07, 6.45) is 7.81. The van der Waals surface area contributed by atoms with Crippen LogP contribution in [0.3, 0.4) is 0 Å². The fraction of sp³-hybridized carbons (Fsp3) is 0.870. The van der Waals surface area contributed by atoms with Crippen molar-refractivity contribution >= 4 is 17.5 Å². The minimum Gasteiger partial charge on any atom is -0.463 e. The van der Waals surface area contributed by atoms with Crippen LogP contribution < -0.4 is 0 Å². The summed E-state index contributed by atoms with van der Waals surface area (Å²) >= 11 is 0. The smallest absolute Gasteiger partial charge is 0.302 e. The fourth-order valence-corrected chi connectivity index (χ4v) is 8.13. The average molecular weight is 390 g/mol. The van der Waals surface area contributed by atoms with Gasteiger partial charge in [0.25, 0.3) is 0 Å². The van der Waals surface area contributed by atoms with E-state index in [1.165, 1.54) is 6.92 Å². The minimum absolute atomic E-state index is 0.0235. The first kappa shape index (κ1) is 19.9. The lowest BCUT2D eigenvalue weighted by molar-refractivity contribution is -0.168. The molecule has 0 saturated heterocycles. The van der Waals surface area contributed by atoms with Crippen molar-refractivity contribution in [2.24, 2.45) is 45.6 Å². The van der Waals surface area contributed by atoms with Gasteiger partial charge in [-0.3, -0.25) is 9.59 Å². The topological polar surface area (TPSA) is 76.0 Å². The molecule has 156 valence electrons. The Morgan fingerprint density at radius 3 is 2.54 bits per heavy atom. The third-order valence-electron chi connectivity index (χ3n) is 9.30. The molecule has 0 radical (unpaired) electrons. The molecule has 5 nitrogen and oxygen atoms in total. The molecule has 0 unspecified atom stereocenters. The molecule has 0 heterocycles. The Balaban J connectivity index is 1.60. The predicted molar refractivity (Wildman–Crippen MR) is 106 cm³/mol. The quantitative estimate of drug-likeness (QED) is 0.324. The molecule has 0 aliphatic heterocycles. The third-order valence-corrected chi connectivity index (χ3v) is 9.30. The molecular formula is C23H35NO4. The number of nitrogens with zero attached hydrogens (tertiary/aromatic N) is 1. The van der Waals surface area contributed by atoms with Crippen LogP contribution in [-0.2, 0) is 14.3 Å². The third kappa shape index (κ3) is 2.83. The summed E-state index contributed by atoms with van der Waals surface area (Å²) in [6, 6.07) is 0. The van der Waals surface area contributed by atoms with Crippen molar-refractivity contribution in [3.8, 4) is 0 Å². The zero-order valence-electron chi connectivity index (χ0n) is 17.7. The zero-order valence-corrected chi connectivity index (χ0v) is 17.7. The second-order valence-corrected chi connectivity index (χ2v) is 10.6. The van der Waals surface area contributed by atoms with Gasteiger partial charge in [0, 0.05) is 25.2 Å². The Hall–Kier alpha value is -1.39. The Bertz CT molecular complexity index is 703. The molecule has 4 aliphatic rings. The first-order valence-corrected chi connectivity index (χ1v) is 11.1. The van der Waals surface area contributed by atoms with E-state index in [1.54, 1.807) is 0 Å². The molecule has 0 aromatic rings. The maximum atomic E-state index is 13.6. The van der Waals surface area contributed by atoms with E-state index in [4.69, 9.17) is 4.74 Å². The van der Waals surface area contributed by atoms with Crippen molar-refractivity contribution in [1.82, 2.24) is 0 Å². The van der Waals surface area contributed by atoms with Gasteiger partial charge >= 0.3 is 5.97 Å². The largest absolute Gasteiger partial charge is 0.463 e. The Labute approximate surface area is 168 Å². The van der Waals surface area contributed by atoms with E-state index in [0.717, 1.165) is 50.7 Å². The number of oxime groups is 1. The fourth-order valence-electron chi connectivity index (χ4n) is 8.13.